The Bertz CT molecular complexity index is 431. The first-order valence-corrected chi connectivity index (χ1v) is 7.32. The highest BCUT2D eigenvalue weighted by molar-refractivity contribution is 6.30. The Morgan fingerprint density at radius 2 is 2.15 bits per heavy atom. The normalized spacial score (nSPS) is 18.2. The molecule has 0 radical (unpaired) electrons. The van der Waals surface area contributed by atoms with E-state index in [-0.39, 0.29) is 0 Å². The molecule has 0 saturated carbocycles. The molecule has 112 valence electrons. The number of aromatic nitrogens is 2. The Morgan fingerprint density at radius 1 is 1.45 bits per heavy atom. The highest BCUT2D eigenvalue weighted by Gasteiger charge is 2.25. The molecule has 0 N–H and O–H groups in total. The van der Waals surface area contributed by atoms with Crippen molar-refractivity contribution < 1.29 is 9.13 Å². The third-order valence-electron chi connectivity index (χ3n) is 3.37. The zero-order chi connectivity index (χ0) is 14.6. The summed E-state index contributed by atoms with van der Waals surface area (Å²) >= 11 is 5.82. The van der Waals surface area contributed by atoms with Crippen LogP contribution in [0.3, 0.4) is 0 Å². The summed E-state index contributed by atoms with van der Waals surface area (Å²) in [6.07, 6.45) is 3.51. The quantitative estimate of drug-likeness (QED) is 0.838. The summed E-state index contributed by atoms with van der Waals surface area (Å²) < 4.78 is 19.2. The van der Waals surface area contributed by atoms with Crippen LogP contribution in [-0.4, -0.2) is 47.0 Å². The number of hydrogen-bond acceptors (Lipinski definition) is 4. The van der Waals surface area contributed by atoms with E-state index in [0.717, 1.165) is 25.9 Å². The van der Waals surface area contributed by atoms with Gasteiger partial charge in [-0.25, -0.2) is 4.39 Å². The van der Waals surface area contributed by atoms with Crippen molar-refractivity contribution in [3.8, 4) is 5.88 Å². The van der Waals surface area contributed by atoms with Crippen molar-refractivity contribution in [1.29, 1.82) is 0 Å². The molecule has 0 spiro atoms. The molecule has 1 aromatic heterocycles. The Balaban J connectivity index is 1.72. The average molecular weight is 302 g/mol. The Hall–Kier alpha value is -0.940. The van der Waals surface area contributed by atoms with E-state index in [1.54, 1.807) is 19.9 Å². The summed E-state index contributed by atoms with van der Waals surface area (Å²) in [5.74, 6) is 0.944. The van der Waals surface area contributed by atoms with Crippen LogP contribution in [0.5, 0.6) is 5.88 Å². The minimum atomic E-state index is -1.13. The number of likely N-dealkylation sites (tertiary alicyclic amines) is 1. The summed E-state index contributed by atoms with van der Waals surface area (Å²) in [6, 6.07) is 1.66. The van der Waals surface area contributed by atoms with Crippen molar-refractivity contribution in [2.45, 2.75) is 32.4 Å². The van der Waals surface area contributed by atoms with Crippen molar-refractivity contribution in [2.24, 2.45) is 5.92 Å². The molecule has 1 aliphatic heterocycles. The first-order valence-electron chi connectivity index (χ1n) is 6.95. The topological polar surface area (TPSA) is 38.2 Å². The van der Waals surface area contributed by atoms with Gasteiger partial charge in [-0.1, -0.05) is 11.6 Å². The zero-order valence-electron chi connectivity index (χ0n) is 12.0. The summed E-state index contributed by atoms with van der Waals surface area (Å²) in [4.78, 5) is 2.18. The second kappa shape index (κ2) is 6.68. The van der Waals surface area contributed by atoms with Crippen molar-refractivity contribution >= 4 is 11.6 Å². The molecule has 0 aromatic carbocycles. The van der Waals surface area contributed by atoms with Crippen LogP contribution in [0.1, 0.15) is 26.7 Å². The van der Waals surface area contributed by atoms with Crippen molar-refractivity contribution in [3.05, 3.63) is 17.3 Å². The summed E-state index contributed by atoms with van der Waals surface area (Å²) in [5, 5.41) is 8.14. The zero-order valence-corrected chi connectivity index (χ0v) is 12.7. The van der Waals surface area contributed by atoms with Gasteiger partial charge in [-0.05, 0) is 45.7 Å². The molecule has 0 amide bonds. The van der Waals surface area contributed by atoms with Crippen molar-refractivity contribution in [3.63, 3.8) is 0 Å². The Labute approximate surface area is 124 Å². The molecule has 0 aliphatic carbocycles. The minimum absolute atomic E-state index is 0.463. The van der Waals surface area contributed by atoms with Gasteiger partial charge in [-0.3, -0.25) is 0 Å². The van der Waals surface area contributed by atoms with Crippen LogP contribution in [0.25, 0.3) is 0 Å². The van der Waals surface area contributed by atoms with Gasteiger partial charge < -0.3 is 9.64 Å². The fourth-order valence-corrected chi connectivity index (χ4v) is 2.58. The molecule has 0 atom stereocenters. The molecule has 0 bridgehead atoms. The Kier molecular flexibility index (Phi) is 5.16. The summed E-state index contributed by atoms with van der Waals surface area (Å²) in [7, 11) is 0. The first-order chi connectivity index (χ1) is 9.42. The number of ether oxygens (including phenoxy) is 1. The molecule has 0 unspecified atom stereocenters. The molecule has 6 heteroatoms. The predicted molar refractivity (Wildman–Crippen MR) is 76.9 cm³/mol. The fraction of sp³-hybridized carbons (Fsp3) is 0.714. The van der Waals surface area contributed by atoms with Crippen LogP contribution in [0.2, 0.25) is 5.02 Å². The van der Waals surface area contributed by atoms with Crippen LogP contribution in [0.4, 0.5) is 4.39 Å². The van der Waals surface area contributed by atoms with Crippen LogP contribution >= 0.6 is 11.6 Å². The van der Waals surface area contributed by atoms with E-state index in [2.05, 4.69) is 15.1 Å². The maximum atomic E-state index is 13.6. The molecule has 4 nitrogen and oxygen atoms in total. The van der Waals surface area contributed by atoms with E-state index in [4.69, 9.17) is 16.3 Å². The number of nitrogens with zero attached hydrogens (tertiary/aromatic N) is 3. The number of hydrogen-bond donors (Lipinski definition) is 0. The monoisotopic (exact) mass is 301 g/mol. The molecule has 2 rings (SSSR count). The number of halogens is 2. The third kappa shape index (κ3) is 5.21. The van der Waals surface area contributed by atoms with E-state index in [9.17, 15) is 4.39 Å². The third-order valence-corrected chi connectivity index (χ3v) is 3.58. The van der Waals surface area contributed by atoms with E-state index < -0.39 is 5.67 Å². The average Bonchev–Trinajstić information content (AvgIpc) is 2.36. The molecule has 1 aliphatic rings. The van der Waals surface area contributed by atoms with Gasteiger partial charge >= 0.3 is 0 Å². The second-order valence-corrected chi connectivity index (χ2v) is 6.40. The highest BCUT2D eigenvalue weighted by Crippen LogP contribution is 2.21. The van der Waals surface area contributed by atoms with Gasteiger partial charge in [-0.2, -0.15) is 5.10 Å². The number of alkyl halides is 1. The second-order valence-electron chi connectivity index (χ2n) is 5.96. The van der Waals surface area contributed by atoms with Crippen molar-refractivity contribution in [2.75, 3.05) is 26.2 Å². The predicted octanol–water partition coefficient (Wildman–Crippen LogP) is 2.97. The lowest BCUT2D eigenvalue weighted by atomic mass is 9.97. The Morgan fingerprint density at radius 3 is 2.75 bits per heavy atom. The highest BCUT2D eigenvalue weighted by atomic mass is 35.5. The summed E-state index contributed by atoms with van der Waals surface area (Å²) in [6.45, 7) is 6.20. The lowest BCUT2D eigenvalue weighted by molar-refractivity contribution is 0.0828. The van der Waals surface area contributed by atoms with Gasteiger partial charge in [0.15, 0.2) is 0 Å². The maximum absolute atomic E-state index is 13.6. The lowest BCUT2D eigenvalue weighted by Crippen LogP contribution is -2.41. The van der Waals surface area contributed by atoms with E-state index >= 15 is 0 Å². The largest absolute Gasteiger partial charge is 0.476 e. The fourth-order valence-electron chi connectivity index (χ4n) is 2.44. The van der Waals surface area contributed by atoms with Crippen molar-refractivity contribution in [1.82, 2.24) is 15.1 Å². The van der Waals surface area contributed by atoms with Crippen LogP contribution < -0.4 is 4.74 Å². The van der Waals surface area contributed by atoms with E-state index in [1.165, 1.54) is 6.20 Å². The SMILES string of the molecule is CC(C)(F)CN1CCC(COc2cc(Cl)cnn2)CC1. The van der Waals surface area contributed by atoms with Gasteiger partial charge in [-0.15, -0.1) is 5.10 Å². The number of piperidine rings is 1. The van der Waals surface area contributed by atoms with E-state index in [1.807, 2.05) is 0 Å². The molecule has 2 heterocycles. The molecule has 1 fully saturated rings. The van der Waals surface area contributed by atoms with Crippen LogP contribution in [-0.2, 0) is 0 Å². The lowest BCUT2D eigenvalue weighted by Gasteiger charge is -2.34. The van der Waals surface area contributed by atoms with Gasteiger partial charge in [0.2, 0.25) is 5.88 Å². The van der Waals surface area contributed by atoms with Crippen LogP contribution in [0, 0.1) is 5.92 Å². The van der Waals surface area contributed by atoms with E-state index in [0.29, 0.717) is 30.0 Å². The maximum Gasteiger partial charge on any atom is 0.234 e. The standard InChI is InChI=1S/C14H21ClFN3O/c1-14(2,16)10-19-5-3-11(4-6-19)9-20-13-7-12(15)8-17-18-13/h7-8,11H,3-6,9-10H2,1-2H3. The molecule has 1 saturated heterocycles. The van der Waals surface area contributed by atoms with Gasteiger partial charge in [0.05, 0.1) is 17.8 Å². The van der Waals surface area contributed by atoms with Gasteiger partial charge in [0.1, 0.15) is 5.67 Å². The van der Waals surface area contributed by atoms with Gasteiger partial charge in [0.25, 0.3) is 0 Å². The molecular weight excluding hydrogens is 281 g/mol. The number of rotatable bonds is 5. The first kappa shape index (κ1) is 15.4. The van der Waals surface area contributed by atoms with Gasteiger partial charge in [0, 0.05) is 12.6 Å². The smallest absolute Gasteiger partial charge is 0.234 e. The molecule has 20 heavy (non-hydrogen) atoms. The minimum Gasteiger partial charge on any atom is -0.476 e. The summed E-state index contributed by atoms with van der Waals surface area (Å²) in [5.41, 5.74) is -1.13. The molecule has 1 aromatic rings. The molecular formula is C14H21ClFN3O. The van der Waals surface area contributed by atoms with Crippen LogP contribution in [0.15, 0.2) is 12.3 Å².